The summed E-state index contributed by atoms with van der Waals surface area (Å²) in [6, 6.07) is -0.683. The largest absolute Gasteiger partial charge is 0.394 e. The molecule has 0 saturated carbocycles. The molecule has 0 aromatic carbocycles. The van der Waals surface area contributed by atoms with Gasteiger partial charge in [0.25, 0.3) is 0 Å². The molecule has 0 spiro atoms. The zero-order valence-corrected chi connectivity index (χ0v) is 11.5. The Balaban J connectivity index is 2.42. The van der Waals surface area contributed by atoms with Gasteiger partial charge in [0.2, 0.25) is 0 Å². The van der Waals surface area contributed by atoms with Crippen LogP contribution in [-0.2, 0) is 0 Å². The summed E-state index contributed by atoms with van der Waals surface area (Å²) < 4.78 is 0. The molecule has 1 heterocycles. The van der Waals surface area contributed by atoms with Crippen molar-refractivity contribution in [3.05, 3.63) is 0 Å². The van der Waals surface area contributed by atoms with E-state index in [9.17, 15) is 15.3 Å². The highest BCUT2D eigenvalue weighted by molar-refractivity contribution is 5.88. The monoisotopic (exact) mass is 274 g/mol. The molecule has 1 rings (SSSR count). The molecule has 1 aliphatic heterocycles. The van der Waals surface area contributed by atoms with Gasteiger partial charge in [-0.15, -0.1) is 0 Å². The van der Waals surface area contributed by atoms with E-state index in [2.05, 4.69) is 17.2 Å². The third-order valence-electron chi connectivity index (χ3n) is 3.44. The van der Waals surface area contributed by atoms with E-state index in [-0.39, 0.29) is 12.4 Å². The molecule has 0 aliphatic carbocycles. The maximum absolute atomic E-state index is 9.78. The van der Waals surface area contributed by atoms with Gasteiger partial charge < -0.3 is 25.7 Å². The first-order chi connectivity index (χ1) is 9.11. The van der Waals surface area contributed by atoms with Crippen LogP contribution in [-0.4, -0.2) is 63.8 Å². The number of aliphatic imine (C=N–C) groups is 1. The number of nitrogens with zero attached hydrogens (tertiary/aromatic N) is 1. The highest BCUT2D eigenvalue weighted by atomic mass is 16.4. The number of unbranched alkanes of at least 4 members (excludes halogenated alkanes) is 4. The molecule has 0 radical (unpaired) electrons. The minimum Gasteiger partial charge on any atom is -0.394 e. The summed E-state index contributed by atoms with van der Waals surface area (Å²) in [6.07, 6.45) is 1.90. The maximum Gasteiger partial charge on any atom is 0.139 e. The Morgan fingerprint density at radius 3 is 2.37 bits per heavy atom. The van der Waals surface area contributed by atoms with Crippen molar-refractivity contribution in [3.8, 4) is 0 Å². The van der Waals surface area contributed by atoms with Crippen molar-refractivity contribution >= 4 is 5.84 Å². The molecular weight excluding hydrogens is 248 g/mol. The Labute approximate surface area is 114 Å². The Hall–Kier alpha value is -0.690. The van der Waals surface area contributed by atoms with Gasteiger partial charge in [-0.2, -0.15) is 0 Å². The van der Waals surface area contributed by atoms with Crippen LogP contribution >= 0.6 is 0 Å². The summed E-state index contributed by atoms with van der Waals surface area (Å²) in [7, 11) is 0. The number of hydrogen-bond donors (Lipinski definition) is 5. The molecule has 0 amide bonds. The number of aliphatic hydroxyl groups is 4. The first-order valence-electron chi connectivity index (χ1n) is 7.07. The highest BCUT2D eigenvalue weighted by Gasteiger charge is 2.39. The second-order valence-electron chi connectivity index (χ2n) is 5.04. The van der Waals surface area contributed by atoms with Gasteiger partial charge >= 0.3 is 0 Å². The molecule has 0 bridgehead atoms. The van der Waals surface area contributed by atoms with Gasteiger partial charge in [0.1, 0.15) is 24.1 Å². The van der Waals surface area contributed by atoms with E-state index in [4.69, 9.17) is 5.11 Å². The molecule has 1 fully saturated rings. The van der Waals surface area contributed by atoms with E-state index in [0.717, 1.165) is 12.8 Å². The summed E-state index contributed by atoms with van der Waals surface area (Å²) in [5.41, 5.74) is 0. The molecule has 1 aliphatic rings. The molecule has 6 heteroatoms. The molecule has 0 aromatic rings. The fourth-order valence-electron chi connectivity index (χ4n) is 2.15. The van der Waals surface area contributed by atoms with Crippen LogP contribution in [0.25, 0.3) is 0 Å². The van der Waals surface area contributed by atoms with Crippen molar-refractivity contribution < 1.29 is 20.4 Å². The third kappa shape index (κ3) is 4.72. The molecule has 1 saturated heterocycles. The standard InChI is InChI=1S/C13H26N2O4/c1-2-3-4-5-6-7-14-13-12(19)11(18)10(17)9(8-16)15-13/h9-12,16-19H,2-8H2,1H3,(H,14,15)/t9-,10+,11+,12-/m1/s1. The van der Waals surface area contributed by atoms with Gasteiger partial charge in [-0.05, 0) is 6.42 Å². The Bertz CT molecular complexity index is 284. The molecule has 6 nitrogen and oxygen atoms in total. The second-order valence-corrected chi connectivity index (χ2v) is 5.04. The zero-order chi connectivity index (χ0) is 14.3. The summed E-state index contributed by atoms with van der Waals surface area (Å²) >= 11 is 0. The third-order valence-corrected chi connectivity index (χ3v) is 3.44. The van der Waals surface area contributed by atoms with E-state index in [1.165, 1.54) is 19.3 Å². The van der Waals surface area contributed by atoms with Crippen LogP contribution < -0.4 is 5.32 Å². The fourth-order valence-corrected chi connectivity index (χ4v) is 2.15. The van der Waals surface area contributed by atoms with Gasteiger partial charge in [-0.25, -0.2) is 0 Å². The normalized spacial score (nSPS) is 33.4. The minimum absolute atomic E-state index is 0.257. The first kappa shape index (κ1) is 16.4. The first-order valence-corrected chi connectivity index (χ1v) is 7.07. The Morgan fingerprint density at radius 2 is 1.74 bits per heavy atom. The van der Waals surface area contributed by atoms with Crippen LogP contribution in [0.15, 0.2) is 4.99 Å². The van der Waals surface area contributed by atoms with Gasteiger partial charge in [0.05, 0.1) is 12.6 Å². The average molecular weight is 274 g/mol. The van der Waals surface area contributed by atoms with Gasteiger partial charge in [0.15, 0.2) is 0 Å². The van der Waals surface area contributed by atoms with E-state index >= 15 is 0 Å². The van der Waals surface area contributed by atoms with Crippen molar-refractivity contribution in [2.24, 2.45) is 4.99 Å². The summed E-state index contributed by atoms with van der Waals surface area (Å²) in [4.78, 5) is 4.22. The fraction of sp³-hybridized carbons (Fsp3) is 0.923. The quantitative estimate of drug-likeness (QED) is 0.399. The molecule has 112 valence electrons. The predicted octanol–water partition coefficient (Wildman–Crippen LogP) is -0.598. The van der Waals surface area contributed by atoms with E-state index in [1.807, 2.05) is 0 Å². The SMILES string of the molecule is CCCCCCCN=C1N[C@H](CO)[C@H](O)[C@H](O)[C@H]1O. The van der Waals surface area contributed by atoms with Crippen molar-refractivity contribution in [3.63, 3.8) is 0 Å². The Morgan fingerprint density at radius 1 is 1.05 bits per heavy atom. The van der Waals surface area contributed by atoms with E-state index < -0.39 is 24.4 Å². The molecule has 0 aromatic heterocycles. The average Bonchev–Trinajstić information content (AvgIpc) is 2.42. The van der Waals surface area contributed by atoms with Crippen LogP contribution in [0.1, 0.15) is 39.0 Å². The van der Waals surface area contributed by atoms with Gasteiger partial charge in [0, 0.05) is 6.54 Å². The topological polar surface area (TPSA) is 105 Å². The molecular formula is C13H26N2O4. The highest BCUT2D eigenvalue weighted by Crippen LogP contribution is 2.12. The van der Waals surface area contributed by atoms with E-state index in [0.29, 0.717) is 6.54 Å². The van der Waals surface area contributed by atoms with Crippen LogP contribution in [0.5, 0.6) is 0 Å². The number of nitrogens with one attached hydrogen (secondary N) is 1. The molecule has 4 atom stereocenters. The van der Waals surface area contributed by atoms with Crippen LogP contribution in [0.2, 0.25) is 0 Å². The van der Waals surface area contributed by atoms with E-state index in [1.54, 1.807) is 0 Å². The zero-order valence-electron chi connectivity index (χ0n) is 11.5. The van der Waals surface area contributed by atoms with Crippen molar-refractivity contribution in [2.45, 2.75) is 63.4 Å². The van der Waals surface area contributed by atoms with Crippen molar-refractivity contribution in [1.29, 1.82) is 0 Å². The van der Waals surface area contributed by atoms with Crippen LogP contribution in [0.3, 0.4) is 0 Å². The summed E-state index contributed by atoms with van der Waals surface area (Å²) in [5.74, 6) is 0.257. The predicted molar refractivity (Wildman–Crippen MR) is 73.1 cm³/mol. The lowest BCUT2D eigenvalue weighted by molar-refractivity contribution is -0.0681. The van der Waals surface area contributed by atoms with Crippen molar-refractivity contribution in [2.75, 3.05) is 13.2 Å². The van der Waals surface area contributed by atoms with Crippen LogP contribution in [0.4, 0.5) is 0 Å². The number of hydrogen-bond acceptors (Lipinski definition) is 5. The number of rotatable bonds is 7. The molecule has 5 N–H and O–H groups in total. The minimum atomic E-state index is -1.31. The van der Waals surface area contributed by atoms with Gasteiger partial charge in [-0.1, -0.05) is 32.6 Å². The Kier molecular flexibility index (Phi) is 7.30. The lowest BCUT2D eigenvalue weighted by Crippen LogP contribution is -2.63. The summed E-state index contributed by atoms with van der Waals surface area (Å²) in [5, 5.41) is 40.9. The maximum atomic E-state index is 9.78. The lowest BCUT2D eigenvalue weighted by atomic mass is 9.95. The number of aliphatic hydroxyl groups excluding tert-OH is 4. The lowest BCUT2D eigenvalue weighted by Gasteiger charge is -2.36. The number of amidine groups is 1. The molecule has 19 heavy (non-hydrogen) atoms. The molecule has 0 unspecified atom stereocenters. The summed E-state index contributed by atoms with van der Waals surface area (Å²) in [6.45, 7) is 2.41. The van der Waals surface area contributed by atoms with Gasteiger partial charge in [-0.3, -0.25) is 4.99 Å². The number of piperidine rings is 1. The van der Waals surface area contributed by atoms with Crippen LogP contribution in [0, 0.1) is 0 Å². The second kappa shape index (κ2) is 8.47. The smallest absolute Gasteiger partial charge is 0.139 e. The van der Waals surface area contributed by atoms with Crippen molar-refractivity contribution in [1.82, 2.24) is 5.32 Å².